The molecule has 1 aliphatic rings. The van der Waals surface area contributed by atoms with Gasteiger partial charge in [0.1, 0.15) is 5.01 Å². The number of benzene rings is 1. The van der Waals surface area contributed by atoms with E-state index in [9.17, 15) is 0 Å². The first-order valence-corrected chi connectivity index (χ1v) is 8.59. The Morgan fingerprint density at radius 2 is 1.87 bits per heavy atom. The second-order valence-electron chi connectivity index (χ2n) is 5.92. The quantitative estimate of drug-likeness (QED) is 0.870. The normalized spacial score (nSPS) is 15.1. The van der Waals surface area contributed by atoms with Gasteiger partial charge in [0.25, 0.3) is 0 Å². The summed E-state index contributed by atoms with van der Waals surface area (Å²) in [6.45, 7) is 9.87. The van der Waals surface area contributed by atoms with Crippen LogP contribution in [0.5, 0.6) is 0 Å². The van der Waals surface area contributed by atoms with Crippen LogP contribution in [0.15, 0.2) is 29.6 Å². The van der Waals surface area contributed by atoms with Crippen LogP contribution in [0.2, 0.25) is 0 Å². The lowest BCUT2D eigenvalue weighted by atomic mass is 10.1. The van der Waals surface area contributed by atoms with Crippen molar-refractivity contribution in [1.82, 2.24) is 15.2 Å². The lowest BCUT2D eigenvalue weighted by Gasteiger charge is -2.27. The van der Waals surface area contributed by atoms with Crippen molar-refractivity contribution in [1.29, 1.82) is 0 Å². The molecule has 1 fully saturated rings. The van der Waals surface area contributed by atoms with Gasteiger partial charge in [-0.25, -0.2) is 4.98 Å². The topological polar surface area (TPSA) is 28.2 Å². The molecule has 2 heterocycles. The molecule has 2 aromatic rings. The third kappa shape index (κ3) is 5.16. The Labute approximate surface area is 155 Å². The Balaban J connectivity index is 0.00000132. The highest BCUT2D eigenvalue weighted by Crippen LogP contribution is 2.30. The zero-order valence-corrected chi connectivity index (χ0v) is 16.1. The molecule has 0 saturated carbocycles. The number of piperazine rings is 1. The highest BCUT2D eigenvalue weighted by Gasteiger charge is 2.15. The summed E-state index contributed by atoms with van der Waals surface area (Å²) in [5.74, 6) is 0.496. The number of aromatic nitrogens is 1. The summed E-state index contributed by atoms with van der Waals surface area (Å²) in [4.78, 5) is 7.34. The molecule has 3 rings (SSSR count). The van der Waals surface area contributed by atoms with E-state index in [0.717, 1.165) is 37.7 Å². The van der Waals surface area contributed by atoms with Crippen molar-refractivity contribution in [2.45, 2.75) is 26.3 Å². The van der Waals surface area contributed by atoms with E-state index in [0.29, 0.717) is 5.92 Å². The molecule has 1 aromatic heterocycles. The smallest absolute Gasteiger partial charge is 0.123 e. The van der Waals surface area contributed by atoms with E-state index in [1.807, 2.05) is 0 Å². The number of halogens is 2. The van der Waals surface area contributed by atoms with Crippen molar-refractivity contribution in [2.75, 3.05) is 26.2 Å². The molecular formula is C17H25Cl2N3S. The lowest BCUT2D eigenvalue weighted by Crippen LogP contribution is -2.42. The van der Waals surface area contributed by atoms with Gasteiger partial charge in [-0.05, 0) is 11.5 Å². The monoisotopic (exact) mass is 373 g/mol. The van der Waals surface area contributed by atoms with E-state index in [1.54, 1.807) is 11.3 Å². The Kier molecular flexibility index (Phi) is 8.51. The zero-order valence-electron chi connectivity index (χ0n) is 13.6. The molecule has 0 radical (unpaired) electrons. The van der Waals surface area contributed by atoms with Crippen LogP contribution >= 0.6 is 36.2 Å². The van der Waals surface area contributed by atoms with Gasteiger partial charge >= 0.3 is 0 Å². The minimum absolute atomic E-state index is 0. The lowest BCUT2D eigenvalue weighted by molar-refractivity contribution is 0.233. The molecule has 3 nitrogen and oxygen atoms in total. The highest BCUT2D eigenvalue weighted by molar-refractivity contribution is 7.13. The Morgan fingerprint density at radius 3 is 2.52 bits per heavy atom. The number of hydrogen-bond donors (Lipinski definition) is 1. The first-order chi connectivity index (χ1) is 10.2. The minimum atomic E-state index is 0. The average Bonchev–Trinajstić information content (AvgIpc) is 2.99. The van der Waals surface area contributed by atoms with Gasteiger partial charge in [0.2, 0.25) is 0 Å². The van der Waals surface area contributed by atoms with Crippen LogP contribution in [-0.4, -0.2) is 36.1 Å². The molecule has 1 N–H and O–H groups in total. The van der Waals surface area contributed by atoms with Gasteiger partial charge in [-0.1, -0.05) is 38.1 Å². The first-order valence-electron chi connectivity index (χ1n) is 7.71. The molecule has 6 heteroatoms. The van der Waals surface area contributed by atoms with E-state index in [2.05, 4.69) is 53.7 Å². The van der Waals surface area contributed by atoms with Gasteiger partial charge in [-0.3, -0.25) is 4.90 Å². The van der Waals surface area contributed by atoms with Gasteiger partial charge in [-0.2, -0.15) is 0 Å². The van der Waals surface area contributed by atoms with Crippen LogP contribution in [0.4, 0.5) is 0 Å². The second-order valence-corrected chi connectivity index (χ2v) is 6.77. The molecule has 128 valence electrons. The van der Waals surface area contributed by atoms with E-state index in [1.165, 1.54) is 16.8 Å². The van der Waals surface area contributed by atoms with Crippen LogP contribution < -0.4 is 5.32 Å². The van der Waals surface area contributed by atoms with Crippen molar-refractivity contribution >= 4 is 36.2 Å². The molecule has 1 saturated heterocycles. The van der Waals surface area contributed by atoms with Crippen LogP contribution in [-0.2, 0) is 6.54 Å². The van der Waals surface area contributed by atoms with Crippen molar-refractivity contribution in [2.24, 2.45) is 0 Å². The van der Waals surface area contributed by atoms with Gasteiger partial charge in [0, 0.05) is 43.7 Å². The largest absolute Gasteiger partial charge is 0.314 e. The molecule has 0 aliphatic carbocycles. The summed E-state index contributed by atoms with van der Waals surface area (Å²) in [5.41, 5.74) is 3.89. The molecule has 23 heavy (non-hydrogen) atoms. The van der Waals surface area contributed by atoms with E-state index >= 15 is 0 Å². The molecule has 0 unspecified atom stereocenters. The van der Waals surface area contributed by atoms with Crippen LogP contribution in [0, 0.1) is 0 Å². The molecule has 0 spiro atoms. The van der Waals surface area contributed by atoms with Crippen molar-refractivity contribution in [3.8, 4) is 10.6 Å². The maximum Gasteiger partial charge on any atom is 0.123 e. The van der Waals surface area contributed by atoms with Gasteiger partial charge in [0.05, 0.1) is 5.69 Å². The summed E-state index contributed by atoms with van der Waals surface area (Å²) in [6, 6.07) is 8.71. The molecule has 0 atom stereocenters. The summed E-state index contributed by atoms with van der Waals surface area (Å²) >= 11 is 1.77. The fourth-order valence-corrected chi connectivity index (χ4v) is 3.69. The minimum Gasteiger partial charge on any atom is -0.314 e. The van der Waals surface area contributed by atoms with Crippen molar-refractivity contribution in [3.05, 3.63) is 40.9 Å². The summed E-state index contributed by atoms with van der Waals surface area (Å²) in [5, 5.41) is 6.76. The van der Waals surface area contributed by atoms with Crippen molar-refractivity contribution < 1.29 is 0 Å². The highest BCUT2D eigenvalue weighted by atomic mass is 35.5. The van der Waals surface area contributed by atoms with Gasteiger partial charge in [0.15, 0.2) is 0 Å². The summed E-state index contributed by atoms with van der Waals surface area (Å²) < 4.78 is 0. The number of nitrogens with one attached hydrogen (secondary N) is 1. The zero-order chi connectivity index (χ0) is 14.7. The molecule has 1 aliphatic heterocycles. The van der Waals surface area contributed by atoms with Crippen LogP contribution in [0.3, 0.4) is 0 Å². The SMILES string of the molecule is CC(C)c1csc(-c2ccccc2CN2CCNCC2)n1.Cl.Cl. The number of thiazole rings is 1. The Hall–Kier alpha value is -0.650. The number of rotatable bonds is 4. The first kappa shape index (κ1) is 20.4. The molecule has 0 amide bonds. The molecule has 0 bridgehead atoms. The fraction of sp³-hybridized carbons (Fsp3) is 0.471. The van der Waals surface area contributed by atoms with Crippen LogP contribution in [0.1, 0.15) is 31.0 Å². The second kappa shape index (κ2) is 9.60. The summed E-state index contributed by atoms with van der Waals surface area (Å²) in [6.07, 6.45) is 0. The van der Waals surface area contributed by atoms with E-state index in [-0.39, 0.29) is 24.8 Å². The standard InChI is InChI=1S/C17H23N3S.2ClH/c1-13(2)16-12-21-17(19-16)15-6-4-3-5-14(15)11-20-9-7-18-8-10-20;;/h3-6,12-13,18H,7-11H2,1-2H3;2*1H. The predicted molar refractivity (Wildman–Crippen MR) is 104 cm³/mol. The van der Waals surface area contributed by atoms with Crippen LogP contribution in [0.25, 0.3) is 10.6 Å². The van der Waals surface area contributed by atoms with Gasteiger partial charge in [-0.15, -0.1) is 36.2 Å². The average molecular weight is 374 g/mol. The van der Waals surface area contributed by atoms with Gasteiger partial charge < -0.3 is 5.32 Å². The molecule has 1 aromatic carbocycles. The van der Waals surface area contributed by atoms with E-state index < -0.39 is 0 Å². The Bertz CT molecular complexity index is 595. The number of hydrogen-bond acceptors (Lipinski definition) is 4. The fourth-order valence-electron chi connectivity index (χ4n) is 2.65. The maximum atomic E-state index is 4.82. The predicted octanol–water partition coefficient (Wildman–Crippen LogP) is 4.18. The maximum absolute atomic E-state index is 4.82. The third-order valence-corrected chi connectivity index (χ3v) is 4.86. The number of nitrogens with zero attached hydrogens (tertiary/aromatic N) is 2. The molecular weight excluding hydrogens is 349 g/mol. The van der Waals surface area contributed by atoms with Crippen molar-refractivity contribution in [3.63, 3.8) is 0 Å². The van der Waals surface area contributed by atoms with E-state index in [4.69, 9.17) is 4.98 Å². The summed E-state index contributed by atoms with van der Waals surface area (Å²) in [7, 11) is 0. The Morgan fingerprint density at radius 1 is 1.17 bits per heavy atom. The third-order valence-electron chi connectivity index (χ3n) is 3.96.